The zero-order valence-corrected chi connectivity index (χ0v) is 18.5. The Kier molecular flexibility index (Phi) is 8.49. The van der Waals surface area contributed by atoms with Gasteiger partial charge in [0.15, 0.2) is 5.13 Å². The van der Waals surface area contributed by atoms with E-state index < -0.39 is 0 Å². The summed E-state index contributed by atoms with van der Waals surface area (Å²) in [7, 11) is 0. The predicted octanol–water partition coefficient (Wildman–Crippen LogP) is 3.78. The van der Waals surface area contributed by atoms with Gasteiger partial charge in [-0.2, -0.15) is 4.98 Å². The topological polar surface area (TPSA) is 85.3 Å². The predicted molar refractivity (Wildman–Crippen MR) is 119 cm³/mol. The molecule has 0 saturated carbocycles. The summed E-state index contributed by atoms with van der Waals surface area (Å²) in [5.74, 6) is 1.88. The van der Waals surface area contributed by atoms with Gasteiger partial charge in [-0.3, -0.25) is 9.88 Å². The van der Waals surface area contributed by atoms with E-state index in [9.17, 15) is 0 Å². The summed E-state index contributed by atoms with van der Waals surface area (Å²) in [6.07, 6.45) is 5.41. The number of aromatic nitrogens is 4. The SMILES string of the molecule is CC.Cc1nc(Nc2ncc(-c3cccnc3)s2)cc(OCCN2CCOCC2)n1. The molecule has 0 aliphatic carbocycles. The number of ether oxygens (including phenoxy) is 2. The highest BCUT2D eigenvalue weighted by atomic mass is 32.1. The molecule has 1 N–H and O–H groups in total. The van der Waals surface area contributed by atoms with Crippen LogP contribution in [0, 0.1) is 6.92 Å². The van der Waals surface area contributed by atoms with E-state index in [1.54, 1.807) is 23.6 Å². The van der Waals surface area contributed by atoms with E-state index in [-0.39, 0.29) is 0 Å². The van der Waals surface area contributed by atoms with Crippen molar-refractivity contribution in [1.82, 2.24) is 24.8 Å². The Morgan fingerprint density at radius 1 is 1.20 bits per heavy atom. The van der Waals surface area contributed by atoms with Gasteiger partial charge in [-0.1, -0.05) is 31.3 Å². The van der Waals surface area contributed by atoms with Crippen LogP contribution in [0.1, 0.15) is 19.7 Å². The summed E-state index contributed by atoms with van der Waals surface area (Å²) in [4.78, 5) is 20.8. The molecule has 4 rings (SSSR count). The monoisotopic (exact) mass is 428 g/mol. The Morgan fingerprint density at radius 3 is 2.80 bits per heavy atom. The summed E-state index contributed by atoms with van der Waals surface area (Å²) in [5.41, 5.74) is 1.04. The second-order valence-corrected chi connectivity index (χ2v) is 7.37. The first-order valence-electron chi connectivity index (χ1n) is 10.2. The largest absolute Gasteiger partial charge is 0.476 e. The number of aryl methyl sites for hydroxylation is 1. The van der Waals surface area contributed by atoms with Crippen LogP contribution in [0.15, 0.2) is 36.8 Å². The van der Waals surface area contributed by atoms with Crippen LogP contribution in [0.5, 0.6) is 5.88 Å². The summed E-state index contributed by atoms with van der Waals surface area (Å²) in [5, 5.41) is 4.00. The number of thiazole rings is 1. The number of nitrogens with zero attached hydrogens (tertiary/aromatic N) is 5. The molecule has 0 aromatic carbocycles. The number of pyridine rings is 1. The Morgan fingerprint density at radius 2 is 2.03 bits per heavy atom. The number of nitrogens with one attached hydrogen (secondary N) is 1. The minimum absolute atomic E-state index is 0.562. The molecule has 4 heterocycles. The lowest BCUT2D eigenvalue weighted by Gasteiger charge is -2.26. The number of rotatable bonds is 7. The van der Waals surface area contributed by atoms with Gasteiger partial charge in [0.2, 0.25) is 5.88 Å². The van der Waals surface area contributed by atoms with Gasteiger partial charge in [0.05, 0.1) is 18.1 Å². The summed E-state index contributed by atoms with van der Waals surface area (Å²) in [6.45, 7) is 10.8. The van der Waals surface area contributed by atoms with Crippen molar-refractivity contribution < 1.29 is 9.47 Å². The highest BCUT2D eigenvalue weighted by molar-refractivity contribution is 7.18. The molecule has 8 nitrogen and oxygen atoms in total. The summed E-state index contributed by atoms with van der Waals surface area (Å²) >= 11 is 1.55. The summed E-state index contributed by atoms with van der Waals surface area (Å²) in [6, 6.07) is 5.73. The van der Waals surface area contributed by atoms with Gasteiger partial charge in [0.25, 0.3) is 0 Å². The molecule has 9 heteroatoms. The quantitative estimate of drug-likeness (QED) is 0.608. The first-order chi connectivity index (χ1) is 14.8. The van der Waals surface area contributed by atoms with Crippen LogP contribution >= 0.6 is 11.3 Å². The third-order valence-corrected chi connectivity index (χ3v) is 5.22. The van der Waals surface area contributed by atoms with Gasteiger partial charge in [0.1, 0.15) is 18.2 Å². The third kappa shape index (κ3) is 6.45. The van der Waals surface area contributed by atoms with Crippen LogP contribution in [-0.2, 0) is 4.74 Å². The molecule has 1 aliphatic heterocycles. The van der Waals surface area contributed by atoms with E-state index in [1.807, 2.05) is 45.3 Å². The second-order valence-electron chi connectivity index (χ2n) is 6.34. The second kappa shape index (κ2) is 11.5. The first kappa shape index (κ1) is 22.1. The fourth-order valence-electron chi connectivity index (χ4n) is 2.87. The van der Waals surface area contributed by atoms with Gasteiger partial charge >= 0.3 is 0 Å². The summed E-state index contributed by atoms with van der Waals surface area (Å²) < 4.78 is 11.2. The fourth-order valence-corrected chi connectivity index (χ4v) is 3.68. The van der Waals surface area contributed by atoms with Gasteiger partial charge in [-0.05, 0) is 13.0 Å². The number of hydrogen-bond acceptors (Lipinski definition) is 9. The number of anilines is 2. The maximum absolute atomic E-state index is 5.84. The maximum atomic E-state index is 5.84. The van der Waals surface area contributed by atoms with Crippen LogP contribution in [0.2, 0.25) is 0 Å². The van der Waals surface area contributed by atoms with E-state index >= 15 is 0 Å². The van der Waals surface area contributed by atoms with E-state index in [2.05, 4.69) is 30.2 Å². The molecule has 0 spiro atoms. The Labute approximate surface area is 181 Å². The number of morpholine rings is 1. The van der Waals surface area contributed by atoms with E-state index in [4.69, 9.17) is 9.47 Å². The molecule has 0 bridgehead atoms. The lowest BCUT2D eigenvalue weighted by Crippen LogP contribution is -2.38. The molecule has 0 atom stereocenters. The van der Waals surface area contributed by atoms with Crippen LogP contribution in [0.25, 0.3) is 10.4 Å². The highest BCUT2D eigenvalue weighted by Crippen LogP contribution is 2.30. The Hall–Kier alpha value is -2.62. The lowest BCUT2D eigenvalue weighted by atomic mass is 10.3. The molecule has 3 aromatic heterocycles. The van der Waals surface area contributed by atoms with Gasteiger partial charge < -0.3 is 14.8 Å². The van der Waals surface area contributed by atoms with Gasteiger partial charge in [-0.15, -0.1) is 0 Å². The van der Waals surface area contributed by atoms with Crippen LogP contribution in [-0.4, -0.2) is 64.3 Å². The fraction of sp³-hybridized carbons (Fsp3) is 0.429. The van der Waals surface area contributed by atoms with Gasteiger partial charge in [-0.25, -0.2) is 9.97 Å². The molecular formula is C21H28N6O2S. The minimum Gasteiger partial charge on any atom is -0.476 e. The molecule has 0 radical (unpaired) electrons. The van der Waals surface area contributed by atoms with Crippen molar-refractivity contribution in [2.24, 2.45) is 0 Å². The van der Waals surface area contributed by atoms with Crippen molar-refractivity contribution in [3.63, 3.8) is 0 Å². The van der Waals surface area contributed by atoms with Crippen molar-refractivity contribution in [1.29, 1.82) is 0 Å². The van der Waals surface area contributed by atoms with Crippen molar-refractivity contribution >= 4 is 22.3 Å². The zero-order chi connectivity index (χ0) is 21.2. The first-order valence-corrected chi connectivity index (χ1v) is 11.0. The number of hydrogen-bond donors (Lipinski definition) is 1. The van der Waals surface area contributed by atoms with Crippen LogP contribution in [0.4, 0.5) is 10.9 Å². The normalized spacial score (nSPS) is 14.0. The van der Waals surface area contributed by atoms with Crippen LogP contribution < -0.4 is 10.1 Å². The molecular weight excluding hydrogens is 400 g/mol. The van der Waals surface area contributed by atoms with E-state index in [0.717, 1.165) is 48.4 Å². The Balaban J connectivity index is 0.00000124. The average molecular weight is 429 g/mol. The average Bonchev–Trinajstić information content (AvgIpc) is 3.25. The van der Waals surface area contributed by atoms with Crippen molar-refractivity contribution in [2.45, 2.75) is 20.8 Å². The molecule has 1 fully saturated rings. The van der Waals surface area contributed by atoms with Gasteiger partial charge in [0, 0.05) is 49.9 Å². The smallest absolute Gasteiger partial charge is 0.218 e. The Bertz CT molecular complexity index is 900. The molecule has 160 valence electrons. The van der Waals surface area contributed by atoms with Crippen molar-refractivity contribution in [3.05, 3.63) is 42.6 Å². The molecule has 1 aliphatic rings. The van der Waals surface area contributed by atoms with E-state index in [0.29, 0.717) is 24.1 Å². The zero-order valence-electron chi connectivity index (χ0n) is 17.7. The molecule has 3 aromatic rings. The highest BCUT2D eigenvalue weighted by Gasteiger charge is 2.11. The third-order valence-electron chi connectivity index (χ3n) is 4.26. The standard InChI is InChI=1S/C19H22N6O2S.C2H6/c1-14-22-17(11-18(23-14)27-10-7-25-5-8-26-9-6-25)24-19-21-13-16(28-19)15-3-2-4-20-12-15;1-2/h2-4,11-13H,5-10H2,1H3,(H,21,22,23,24);1-2H3. The van der Waals surface area contributed by atoms with Crippen molar-refractivity contribution in [3.8, 4) is 16.3 Å². The minimum atomic E-state index is 0.562. The molecule has 1 saturated heterocycles. The van der Waals surface area contributed by atoms with Crippen molar-refractivity contribution in [2.75, 3.05) is 44.8 Å². The van der Waals surface area contributed by atoms with E-state index in [1.165, 1.54) is 0 Å². The molecule has 30 heavy (non-hydrogen) atoms. The van der Waals surface area contributed by atoms with Crippen LogP contribution in [0.3, 0.4) is 0 Å². The lowest BCUT2D eigenvalue weighted by molar-refractivity contribution is 0.0320. The molecule has 0 unspecified atom stereocenters. The maximum Gasteiger partial charge on any atom is 0.218 e. The molecule has 0 amide bonds.